The highest BCUT2D eigenvalue weighted by Gasteiger charge is 2.23. The van der Waals surface area contributed by atoms with Crippen molar-refractivity contribution < 1.29 is 14.3 Å². The number of benzene rings is 2. The molecule has 0 atom stereocenters. The van der Waals surface area contributed by atoms with E-state index in [9.17, 15) is 9.59 Å². The summed E-state index contributed by atoms with van der Waals surface area (Å²) in [7, 11) is 0. The first-order chi connectivity index (χ1) is 14.6. The number of carbonyl (C=O) groups is 2. The lowest BCUT2D eigenvalue weighted by molar-refractivity contribution is -0.119. The highest BCUT2D eigenvalue weighted by Crippen LogP contribution is 2.29. The number of hydrogen-bond acceptors (Lipinski definition) is 4. The van der Waals surface area contributed by atoms with E-state index in [1.807, 2.05) is 42.5 Å². The molecule has 1 heterocycles. The summed E-state index contributed by atoms with van der Waals surface area (Å²) in [5, 5.41) is 3.54. The Kier molecular flexibility index (Phi) is 6.43. The van der Waals surface area contributed by atoms with Crippen LogP contribution in [-0.2, 0) is 22.4 Å². The minimum atomic E-state index is -0.465. The van der Waals surface area contributed by atoms with Gasteiger partial charge in [-0.2, -0.15) is 0 Å². The molecular weight excluding hydrogens is 444 g/mol. The Hall–Kier alpha value is -2.73. The summed E-state index contributed by atoms with van der Waals surface area (Å²) in [6, 6.07) is 15.0. The molecule has 0 saturated carbocycles. The molecule has 1 N–H and O–H groups in total. The Morgan fingerprint density at radius 1 is 0.967 bits per heavy atom. The predicted molar refractivity (Wildman–Crippen MR) is 121 cm³/mol. The van der Waals surface area contributed by atoms with E-state index < -0.39 is 5.97 Å². The van der Waals surface area contributed by atoms with Gasteiger partial charge >= 0.3 is 5.97 Å². The van der Waals surface area contributed by atoms with E-state index in [1.165, 1.54) is 6.42 Å². The maximum absolute atomic E-state index is 13.1. The summed E-state index contributed by atoms with van der Waals surface area (Å²) in [5.74, 6) is -0.843. The largest absolute Gasteiger partial charge is 0.452 e. The number of pyridine rings is 1. The molecule has 1 amide bonds. The molecule has 5 nitrogen and oxygen atoms in total. The van der Waals surface area contributed by atoms with Crippen LogP contribution in [0.2, 0.25) is 0 Å². The number of halogens is 1. The fourth-order valence-corrected chi connectivity index (χ4v) is 4.30. The molecule has 0 bridgehead atoms. The van der Waals surface area contributed by atoms with Gasteiger partial charge in [0.05, 0.1) is 16.8 Å². The second kappa shape index (κ2) is 9.39. The number of carbonyl (C=O) groups excluding carboxylic acids is 2. The second-order valence-corrected chi connectivity index (χ2v) is 8.30. The van der Waals surface area contributed by atoms with E-state index in [1.54, 1.807) is 6.07 Å². The third kappa shape index (κ3) is 4.54. The number of nitrogens with zero attached hydrogens (tertiary/aromatic N) is 1. The SMILES string of the molecule is O=C(COC(=O)c1c2c(nc3ccccc13)CCCCCC2)Nc1ccccc1Br. The van der Waals surface area contributed by atoms with Gasteiger partial charge in [0.2, 0.25) is 0 Å². The monoisotopic (exact) mass is 466 g/mol. The first-order valence-corrected chi connectivity index (χ1v) is 11.0. The van der Waals surface area contributed by atoms with E-state index in [0.29, 0.717) is 11.3 Å². The number of aryl methyl sites for hydroxylation is 1. The number of ether oxygens (including phenoxy) is 1. The van der Waals surface area contributed by atoms with Gasteiger partial charge < -0.3 is 10.1 Å². The molecule has 3 aromatic rings. The van der Waals surface area contributed by atoms with Crippen molar-refractivity contribution in [3.8, 4) is 0 Å². The van der Waals surface area contributed by atoms with Crippen LogP contribution in [0.4, 0.5) is 5.69 Å². The van der Waals surface area contributed by atoms with Gasteiger partial charge in [-0.1, -0.05) is 43.2 Å². The lowest BCUT2D eigenvalue weighted by atomic mass is 9.91. The number of aromatic nitrogens is 1. The smallest absolute Gasteiger partial charge is 0.339 e. The minimum absolute atomic E-state index is 0.342. The van der Waals surface area contributed by atoms with Gasteiger partial charge in [0, 0.05) is 15.6 Å². The number of esters is 1. The van der Waals surface area contributed by atoms with Crippen molar-refractivity contribution in [1.82, 2.24) is 4.98 Å². The van der Waals surface area contributed by atoms with Gasteiger partial charge in [-0.15, -0.1) is 0 Å². The summed E-state index contributed by atoms with van der Waals surface area (Å²) in [6.45, 7) is -0.342. The molecule has 0 radical (unpaired) electrons. The van der Waals surface area contributed by atoms with E-state index in [2.05, 4.69) is 21.2 Å². The fraction of sp³-hybridized carbons (Fsp3) is 0.292. The Morgan fingerprint density at radius 2 is 1.70 bits per heavy atom. The summed E-state index contributed by atoms with van der Waals surface area (Å²) >= 11 is 3.39. The van der Waals surface area contributed by atoms with Gasteiger partial charge in [0.1, 0.15) is 0 Å². The first kappa shape index (κ1) is 20.5. The molecule has 154 valence electrons. The number of amides is 1. The fourth-order valence-electron chi connectivity index (χ4n) is 3.91. The maximum Gasteiger partial charge on any atom is 0.339 e. The van der Waals surface area contributed by atoms with E-state index in [-0.39, 0.29) is 12.5 Å². The van der Waals surface area contributed by atoms with Crippen molar-refractivity contribution in [2.45, 2.75) is 38.5 Å². The molecule has 4 rings (SSSR count). The molecule has 30 heavy (non-hydrogen) atoms. The standard InChI is InChI=1S/C24H23BrN2O3/c25-18-11-6-8-14-21(18)27-22(28)15-30-24(29)23-16-9-3-1-2-4-12-19(16)26-20-13-7-5-10-17(20)23/h5-8,10-11,13-14H,1-4,9,12,15H2,(H,27,28). The van der Waals surface area contributed by atoms with Crippen LogP contribution in [0.25, 0.3) is 10.9 Å². The van der Waals surface area contributed by atoms with Crippen LogP contribution in [0.5, 0.6) is 0 Å². The molecule has 0 fully saturated rings. The highest BCUT2D eigenvalue weighted by atomic mass is 79.9. The Bertz CT molecular complexity index is 1100. The number of hydrogen-bond donors (Lipinski definition) is 1. The molecule has 1 aliphatic carbocycles. The van der Waals surface area contributed by atoms with Crippen LogP contribution >= 0.6 is 15.9 Å². The van der Waals surface area contributed by atoms with Crippen molar-refractivity contribution in [3.63, 3.8) is 0 Å². The van der Waals surface area contributed by atoms with Crippen LogP contribution < -0.4 is 5.32 Å². The molecule has 0 spiro atoms. The summed E-state index contributed by atoms with van der Waals surface area (Å²) in [4.78, 5) is 30.3. The number of nitrogens with one attached hydrogen (secondary N) is 1. The number of para-hydroxylation sites is 2. The third-order valence-electron chi connectivity index (χ3n) is 5.36. The normalized spacial score (nSPS) is 13.8. The molecule has 0 saturated heterocycles. The zero-order valence-electron chi connectivity index (χ0n) is 16.6. The second-order valence-electron chi connectivity index (χ2n) is 7.45. The van der Waals surface area contributed by atoms with Crippen molar-refractivity contribution in [2.24, 2.45) is 0 Å². The van der Waals surface area contributed by atoms with Crippen LogP contribution in [-0.4, -0.2) is 23.5 Å². The summed E-state index contributed by atoms with van der Waals surface area (Å²) in [6.07, 6.45) is 6.10. The number of fused-ring (bicyclic) bond motifs is 2. The highest BCUT2D eigenvalue weighted by molar-refractivity contribution is 9.10. The quantitative estimate of drug-likeness (QED) is 0.518. The molecular formula is C24H23BrN2O3. The zero-order valence-corrected chi connectivity index (χ0v) is 18.2. The topological polar surface area (TPSA) is 68.3 Å². The lowest BCUT2D eigenvalue weighted by Gasteiger charge is -2.18. The average Bonchev–Trinajstić information content (AvgIpc) is 2.73. The van der Waals surface area contributed by atoms with Gasteiger partial charge in [0.15, 0.2) is 6.61 Å². The molecule has 6 heteroatoms. The predicted octanol–water partition coefficient (Wildman–Crippen LogP) is 5.45. The maximum atomic E-state index is 13.1. The van der Waals surface area contributed by atoms with Gasteiger partial charge in [-0.05, 0) is 65.4 Å². The number of anilines is 1. The molecule has 0 aliphatic heterocycles. The Labute approximate surface area is 184 Å². The number of rotatable bonds is 4. The van der Waals surface area contributed by atoms with Gasteiger partial charge in [0.25, 0.3) is 5.91 Å². The third-order valence-corrected chi connectivity index (χ3v) is 6.05. The Morgan fingerprint density at radius 3 is 2.53 bits per heavy atom. The van der Waals surface area contributed by atoms with Crippen LogP contribution in [0, 0.1) is 0 Å². The van der Waals surface area contributed by atoms with Crippen LogP contribution in [0.1, 0.15) is 47.3 Å². The van der Waals surface area contributed by atoms with Crippen molar-refractivity contribution in [2.75, 3.05) is 11.9 Å². The minimum Gasteiger partial charge on any atom is -0.452 e. The van der Waals surface area contributed by atoms with Gasteiger partial charge in [-0.25, -0.2) is 4.79 Å². The van der Waals surface area contributed by atoms with E-state index >= 15 is 0 Å². The molecule has 1 aliphatic rings. The van der Waals surface area contributed by atoms with E-state index in [4.69, 9.17) is 9.72 Å². The Balaban J connectivity index is 1.58. The lowest BCUT2D eigenvalue weighted by Crippen LogP contribution is -2.22. The van der Waals surface area contributed by atoms with Crippen LogP contribution in [0.15, 0.2) is 53.0 Å². The van der Waals surface area contributed by atoms with Crippen molar-refractivity contribution in [1.29, 1.82) is 0 Å². The summed E-state index contributed by atoms with van der Waals surface area (Å²) in [5.41, 5.74) is 3.95. The molecule has 1 aromatic heterocycles. The van der Waals surface area contributed by atoms with Gasteiger partial charge in [-0.3, -0.25) is 9.78 Å². The zero-order chi connectivity index (χ0) is 20.9. The molecule has 2 aromatic carbocycles. The van der Waals surface area contributed by atoms with Crippen LogP contribution in [0.3, 0.4) is 0 Å². The van der Waals surface area contributed by atoms with E-state index in [0.717, 1.165) is 58.7 Å². The average molecular weight is 467 g/mol. The van der Waals surface area contributed by atoms with Crippen molar-refractivity contribution in [3.05, 3.63) is 69.8 Å². The molecule has 0 unspecified atom stereocenters. The first-order valence-electron chi connectivity index (χ1n) is 10.3. The van der Waals surface area contributed by atoms with Crippen molar-refractivity contribution >= 4 is 44.4 Å². The summed E-state index contributed by atoms with van der Waals surface area (Å²) < 4.78 is 6.22.